The summed E-state index contributed by atoms with van der Waals surface area (Å²) in [5.74, 6) is 0.951. The van der Waals surface area contributed by atoms with Gasteiger partial charge in [-0.3, -0.25) is 4.79 Å². The lowest BCUT2D eigenvalue weighted by molar-refractivity contribution is -0.125. The van der Waals surface area contributed by atoms with Gasteiger partial charge in [-0.2, -0.15) is 0 Å². The second kappa shape index (κ2) is 3.20. The van der Waals surface area contributed by atoms with Crippen LogP contribution in [0.1, 0.15) is 53.4 Å². The second-order valence-electron chi connectivity index (χ2n) is 6.38. The lowest BCUT2D eigenvalue weighted by Crippen LogP contribution is -2.40. The van der Waals surface area contributed by atoms with Crippen LogP contribution in [0.2, 0.25) is 0 Å². The zero-order chi connectivity index (χ0) is 11.3. The largest absolute Gasteiger partial charge is 0.294 e. The van der Waals surface area contributed by atoms with Gasteiger partial charge < -0.3 is 0 Å². The molecule has 0 saturated heterocycles. The summed E-state index contributed by atoms with van der Waals surface area (Å²) >= 11 is 0. The summed E-state index contributed by atoms with van der Waals surface area (Å²) in [6, 6.07) is 0. The van der Waals surface area contributed by atoms with E-state index >= 15 is 0 Å². The molecule has 2 aliphatic carbocycles. The zero-order valence-electron chi connectivity index (χ0n) is 10.4. The van der Waals surface area contributed by atoms with E-state index in [0.29, 0.717) is 17.1 Å². The molecule has 84 valence electrons. The van der Waals surface area contributed by atoms with Crippen LogP contribution < -0.4 is 0 Å². The van der Waals surface area contributed by atoms with Gasteiger partial charge in [0.15, 0.2) is 5.78 Å². The maximum absolute atomic E-state index is 12.0. The average Bonchev–Trinajstić information content (AvgIpc) is 2.08. The van der Waals surface area contributed by atoms with Gasteiger partial charge in [0.1, 0.15) is 0 Å². The lowest BCUT2D eigenvalue weighted by Gasteiger charge is -2.47. The van der Waals surface area contributed by atoms with Crippen LogP contribution in [0, 0.1) is 16.7 Å². The van der Waals surface area contributed by atoms with Gasteiger partial charge in [-0.25, -0.2) is 0 Å². The molecule has 0 N–H and O–H groups in total. The Labute approximate surface area is 92.9 Å². The molecule has 0 amide bonds. The van der Waals surface area contributed by atoms with Crippen molar-refractivity contribution >= 4 is 5.78 Å². The summed E-state index contributed by atoms with van der Waals surface area (Å²) in [7, 11) is 0. The van der Waals surface area contributed by atoms with Crippen molar-refractivity contribution in [3.05, 3.63) is 11.6 Å². The van der Waals surface area contributed by atoms with Gasteiger partial charge in [-0.05, 0) is 36.7 Å². The average molecular weight is 206 g/mol. The van der Waals surface area contributed by atoms with Crippen LogP contribution in [0.15, 0.2) is 11.6 Å². The highest BCUT2D eigenvalue weighted by atomic mass is 16.1. The molecular formula is C14H22O. The van der Waals surface area contributed by atoms with E-state index in [1.165, 1.54) is 24.8 Å². The number of hydrogen-bond donors (Lipinski definition) is 0. The molecule has 0 aromatic heterocycles. The fraction of sp³-hybridized carbons (Fsp3) is 0.786. The van der Waals surface area contributed by atoms with Crippen LogP contribution in [-0.2, 0) is 4.79 Å². The summed E-state index contributed by atoms with van der Waals surface area (Å²) in [5, 5.41) is 0. The van der Waals surface area contributed by atoms with Crippen LogP contribution in [-0.4, -0.2) is 5.78 Å². The Morgan fingerprint density at radius 2 is 2.00 bits per heavy atom. The Kier molecular flexibility index (Phi) is 2.33. The molecule has 0 radical (unpaired) electrons. The van der Waals surface area contributed by atoms with Crippen LogP contribution >= 0.6 is 0 Å². The summed E-state index contributed by atoms with van der Waals surface area (Å²) in [6.07, 6.45) is 6.84. The van der Waals surface area contributed by atoms with Crippen LogP contribution in [0.3, 0.4) is 0 Å². The molecule has 1 nitrogen and oxygen atoms in total. The molecule has 1 fully saturated rings. The first-order valence-electron chi connectivity index (χ1n) is 6.12. The zero-order valence-corrected chi connectivity index (χ0v) is 10.4. The summed E-state index contributed by atoms with van der Waals surface area (Å²) in [5.41, 5.74) is 1.59. The Hall–Kier alpha value is -0.590. The SMILES string of the molecule is C[C@H]1CCC[C@@]2(C)CC(C)(C)C(=O)C=C12. The minimum absolute atomic E-state index is 0.144. The molecule has 2 rings (SSSR count). The number of allylic oxidation sites excluding steroid dienone is 2. The van der Waals surface area contributed by atoms with Crippen molar-refractivity contribution < 1.29 is 4.79 Å². The van der Waals surface area contributed by atoms with Gasteiger partial charge in [0.25, 0.3) is 0 Å². The first kappa shape index (κ1) is 10.9. The lowest BCUT2D eigenvalue weighted by atomic mass is 9.57. The van der Waals surface area contributed by atoms with Gasteiger partial charge >= 0.3 is 0 Å². The minimum atomic E-state index is -0.144. The monoisotopic (exact) mass is 206 g/mol. The molecule has 0 aromatic rings. The number of carbonyl (C=O) groups excluding carboxylic acids is 1. The van der Waals surface area contributed by atoms with E-state index < -0.39 is 0 Å². The number of fused-ring (bicyclic) bond motifs is 1. The van der Waals surface area contributed by atoms with Crippen molar-refractivity contribution in [1.82, 2.24) is 0 Å². The van der Waals surface area contributed by atoms with Gasteiger partial charge in [0.2, 0.25) is 0 Å². The molecule has 2 atom stereocenters. The van der Waals surface area contributed by atoms with Crippen molar-refractivity contribution in [2.45, 2.75) is 53.4 Å². The molecule has 15 heavy (non-hydrogen) atoms. The molecular weight excluding hydrogens is 184 g/mol. The molecule has 0 bridgehead atoms. The van der Waals surface area contributed by atoms with Gasteiger partial charge in [-0.15, -0.1) is 0 Å². The normalized spacial score (nSPS) is 39.6. The van der Waals surface area contributed by atoms with Crippen molar-refractivity contribution in [2.24, 2.45) is 16.7 Å². The fourth-order valence-electron chi connectivity index (χ4n) is 3.60. The molecule has 1 heteroatoms. The van der Waals surface area contributed by atoms with Crippen LogP contribution in [0.25, 0.3) is 0 Å². The van der Waals surface area contributed by atoms with Crippen molar-refractivity contribution in [1.29, 1.82) is 0 Å². The Morgan fingerprint density at radius 1 is 1.33 bits per heavy atom. The van der Waals surface area contributed by atoms with E-state index in [9.17, 15) is 4.79 Å². The van der Waals surface area contributed by atoms with Crippen molar-refractivity contribution in [3.8, 4) is 0 Å². The number of rotatable bonds is 0. The molecule has 0 unspecified atom stereocenters. The highest BCUT2D eigenvalue weighted by Crippen LogP contribution is 2.53. The van der Waals surface area contributed by atoms with E-state index in [4.69, 9.17) is 0 Å². The third-order valence-electron chi connectivity index (χ3n) is 4.38. The topological polar surface area (TPSA) is 17.1 Å². The Morgan fingerprint density at radius 3 is 2.67 bits per heavy atom. The maximum Gasteiger partial charge on any atom is 0.161 e. The Bertz CT molecular complexity index is 324. The molecule has 0 heterocycles. The van der Waals surface area contributed by atoms with Gasteiger partial charge in [-0.1, -0.05) is 39.7 Å². The quantitative estimate of drug-likeness (QED) is 0.590. The summed E-state index contributed by atoms with van der Waals surface area (Å²) in [4.78, 5) is 12.0. The van der Waals surface area contributed by atoms with E-state index in [-0.39, 0.29) is 5.41 Å². The highest BCUT2D eigenvalue weighted by molar-refractivity contribution is 5.96. The summed E-state index contributed by atoms with van der Waals surface area (Å²) < 4.78 is 0. The second-order valence-corrected chi connectivity index (χ2v) is 6.38. The predicted molar refractivity (Wildman–Crippen MR) is 62.6 cm³/mol. The third-order valence-corrected chi connectivity index (χ3v) is 4.38. The van der Waals surface area contributed by atoms with Crippen LogP contribution in [0.4, 0.5) is 0 Å². The smallest absolute Gasteiger partial charge is 0.161 e. The predicted octanol–water partition coefficient (Wildman–Crippen LogP) is 3.74. The van der Waals surface area contributed by atoms with E-state index in [0.717, 1.165) is 6.42 Å². The molecule has 0 spiro atoms. The number of ketones is 1. The maximum atomic E-state index is 12.0. The van der Waals surface area contributed by atoms with E-state index in [1.807, 2.05) is 6.08 Å². The first-order chi connectivity index (χ1) is 6.85. The molecule has 0 aliphatic heterocycles. The third kappa shape index (κ3) is 1.66. The van der Waals surface area contributed by atoms with Crippen molar-refractivity contribution in [3.63, 3.8) is 0 Å². The van der Waals surface area contributed by atoms with E-state index in [2.05, 4.69) is 27.7 Å². The standard InChI is InChI=1S/C14H22O/c1-10-6-5-7-14(4)9-13(2,3)12(15)8-11(10)14/h8,10H,5-7,9H2,1-4H3/t10-,14-/m0/s1. The highest BCUT2D eigenvalue weighted by Gasteiger charge is 2.45. The molecule has 1 saturated carbocycles. The van der Waals surface area contributed by atoms with Gasteiger partial charge in [0, 0.05) is 5.41 Å². The van der Waals surface area contributed by atoms with E-state index in [1.54, 1.807) is 0 Å². The number of carbonyl (C=O) groups is 1. The van der Waals surface area contributed by atoms with Crippen molar-refractivity contribution in [2.75, 3.05) is 0 Å². The number of hydrogen-bond acceptors (Lipinski definition) is 1. The minimum Gasteiger partial charge on any atom is -0.294 e. The summed E-state index contributed by atoms with van der Waals surface area (Å²) in [6.45, 7) is 8.80. The van der Waals surface area contributed by atoms with Gasteiger partial charge in [0.05, 0.1) is 0 Å². The molecule has 0 aromatic carbocycles. The first-order valence-corrected chi connectivity index (χ1v) is 6.12. The van der Waals surface area contributed by atoms with Crippen LogP contribution in [0.5, 0.6) is 0 Å². The Balaban J connectivity index is 2.42. The molecule has 2 aliphatic rings. The fourth-order valence-corrected chi connectivity index (χ4v) is 3.60.